The highest BCUT2D eigenvalue weighted by molar-refractivity contribution is 5.33. The second-order valence-electron chi connectivity index (χ2n) is 5.95. The van der Waals surface area contributed by atoms with E-state index in [1.807, 2.05) is 16.9 Å². The lowest BCUT2D eigenvalue weighted by Gasteiger charge is -2.14. The Morgan fingerprint density at radius 1 is 1.22 bits per heavy atom. The fraction of sp³-hybridized carbons (Fsp3) is 0.353. The molecule has 23 heavy (non-hydrogen) atoms. The molecule has 4 rings (SSSR count). The average Bonchev–Trinajstić information content (AvgIpc) is 3.29. The van der Waals surface area contributed by atoms with E-state index in [1.165, 1.54) is 12.0 Å². The molecule has 0 radical (unpaired) electrons. The van der Waals surface area contributed by atoms with E-state index >= 15 is 0 Å². The molecule has 2 aromatic heterocycles. The molecule has 0 amide bonds. The number of aromatic nitrogens is 5. The van der Waals surface area contributed by atoms with Crippen LogP contribution in [0.2, 0.25) is 0 Å². The van der Waals surface area contributed by atoms with Gasteiger partial charge < -0.3 is 9.88 Å². The molecule has 1 aromatic carbocycles. The first kappa shape index (κ1) is 14.1. The molecule has 1 aliphatic rings. The van der Waals surface area contributed by atoms with Gasteiger partial charge in [-0.1, -0.05) is 12.1 Å². The van der Waals surface area contributed by atoms with E-state index in [0.29, 0.717) is 0 Å². The number of aryl methyl sites for hydroxylation is 1. The van der Waals surface area contributed by atoms with E-state index in [9.17, 15) is 0 Å². The van der Waals surface area contributed by atoms with Gasteiger partial charge in [0.15, 0.2) is 0 Å². The number of nitrogens with one attached hydrogen (secondary N) is 1. The summed E-state index contributed by atoms with van der Waals surface area (Å²) in [6.07, 6.45) is 5.96. The fourth-order valence-corrected chi connectivity index (χ4v) is 3.04. The van der Waals surface area contributed by atoms with E-state index < -0.39 is 0 Å². The van der Waals surface area contributed by atoms with E-state index in [1.54, 1.807) is 6.20 Å². The lowest BCUT2D eigenvalue weighted by molar-refractivity contribution is 0.516. The molecule has 0 fully saturated rings. The van der Waals surface area contributed by atoms with Crippen LogP contribution < -0.4 is 5.32 Å². The zero-order valence-corrected chi connectivity index (χ0v) is 13.2. The number of rotatable bonds is 5. The summed E-state index contributed by atoms with van der Waals surface area (Å²) < 4.78 is 4.11. The number of nitrogens with zero attached hydrogens (tertiary/aromatic N) is 5. The van der Waals surface area contributed by atoms with Gasteiger partial charge in [-0.05, 0) is 37.1 Å². The summed E-state index contributed by atoms with van der Waals surface area (Å²) in [5.74, 6) is 2.17. The van der Waals surface area contributed by atoms with Gasteiger partial charge >= 0.3 is 0 Å². The average molecular weight is 308 g/mol. The van der Waals surface area contributed by atoms with Crippen molar-refractivity contribution in [3.05, 3.63) is 59.9 Å². The van der Waals surface area contributed by atoms with Crippen LogP contribution in [-0.4, -0.2) is 24.5 Å². The normalized spacial score (nSPS) is 14.8. The maximum atomic E-state index is 4.34. The number of benzene rings is 1. The predicted molar refractivity (Wildman–Crippen MR) is 87.2 cm³/mol. The largest absolute Gasteiger partial charge is 0.314 e. The van der Waals surface area contributed by atoms with Crippen molar-refractivity contribution >= 4 is 0 Å². The van der Waals surface area contributed by atoms with Crippen molar-refractivity contribution in [2.24, 2.45) is 0 Å². The molecule has 1 atom stereocenters. The maximum Gasteiger partial charge on any atom is 0.149 e. The van der Waals surface area contributed by atoms with Crippen LogP contribution in [0, 0.1) is 0 Å². The van der Waals surface area contributed by atoms with Gasteiger partial charge in [0.25, 0.3) is 0 Å². The molecule has 1 aliphatic heterocycles. The number of hydrogen-bond donors (Lipinski definition) is 1. The Morgan fingerprint density at radius 3 is 2.87 bits per heavy atom. The predicted octanol–water partition coefficient (Wildman–Crippen LogP) is 2.26. The lowest BCUT2D eigenvalue weighted by Crippen LogP contribution is -2.21. The van der Waals surface area contributed by atoms with Crippen LogP contribution in [0.3, 0.4) is 0 Å². The SMILES string of the molecule is C[C@H](NCc1ccc(-n2cccn2)cc1)c1nnc2n1CCC2. The summed E-state index contributed by atoms with van der Waals surface area (Å²) in [7, 11) is 0. The molecule has 0 aliphatic carbocycles. The third kappa shape index (κ3) is 2.77. The summed E-state index contributed by atoms with van der Waals surface area (Å²) in [5.41, 5.74) is 2.32. The fourth-order valence-electron chi connectivity index (χ4n) is 3.04. The molecular formula is C17H20N6. The Kier molecular flexibility index (Phi) is 3.67. The van der Waals surface area contributed by atoms with E-state index in [2.05, 4.69) is 56.4 Å². The molecule has 3 aromatic rings. The Morgan fingerprint density at radius 2 is 2.09 bits per heavy atom. The van der Waals surface area contributed by atoms with Crippen molar-refractivity contribution in [3.63, 3.8) is 0 Å². The summed E-state index contributed by atoms with van der Waals surface area (Å²) in [4.78, 5) is 0. The molecule has 1 N–H and O–H groups in total. The first-order valence-electron chi connectivity index (χ1n) is 8.05. The zero-order valence-electron chi connectivity index (χ0n) is 13.2. The van der Waals surface area contributed by atoms with Crippen molar-refractivity contribution in [1.82, 2.24) is 29.9 Å². The van der Waals surface area contributed by atoms with Gasteiger partial charge in [-0.15, -0.1) is 10.2 Å². The Balaban J connectivity index is 1.40. The van der Waals surface area contributed by atoms with Crippen molar-refractivity contribution in [3.8, 4) is 5.69 Å². The van der Waals surface area contributed by atoms with E-state index in [0.717, 1.165) is 36.8 Å². The van der Waals surface area contributed by atoms with Gasteiger partial charge in [-0.25, -0.2) is 4.68 Å². The highest BCUT2D eigenvalue weighted by atomic mass is 15.3. The van der Waals surface area contributed by atoms with Crippen molar-refractivity contribution in [2.75, 3.05) is 0 Å². The summed E-state index contributed by atoms with van der Waals surface area (Å²) in [6, 6.07) is 10.6. The standard InChI is InChI=1S/C17H20N6/c1-13(17-21-20-16-4-2-10-22(16)17)18-12-14-5-7-15(8-6-14)23-11-3-9-19-23/h3,5-9,11,13,18H,2,4,10,12H2,1H3/t13-/m0/s1. The van der Waals surface area contributed by atoms with Crippen molar-refractivity contribution in [1.29, 1.82) is 0 Å². The quantitative estimate of drug-likeness (QED) is 0.785. The molecule has 118 valence electrons. The lowest BCUT2D eigenvalue weighted by atomic mass is 10.2. The second-order valence-corrected chi connectivity index (χ2v) is 5.95. The number of fused-ring (bicyclic) bond motifs is 1. The summed E-state index contributed by atoms with van der Waals surface area (Å²) >= 11 is 0. The summed E-state index contributed by atoms with van der Waals surface area (Å²) in [6.45, 7) is 4.00. The molecule has 0 saturated heterocycles. The second kappa shape index (κ2) is 5.96. The van der Waals surface area contributed by atoms with Gasteiger partial charge in [0, 0.05) is 31.9 Å². The number of hydrogen-bond acceptors (Lipinski definition) is 4. The third-order valence-corrected chi connectivity index (χ3v) is 4.34. The Hall–Kier alpha value is -2.47. The molecular weight excluding hydrogens is 288 g/mol. The molecule has 0 bridgehead atoms. The zero-order chi connectivity index (χ0) is 15.6. The Labute approximate surface area is 135 Å². The minimum absolute atomic E-state index is 0.195. The monoisotopic (exact) mass is 308 g/mol. The first-order chi connectivity index (χ1) is 11.3. The van der Waals surface area contributed by atoms with Crippen LogP contribution in [0.4, 0.5) is 0 Å². The third-order valence-electron chi connectivity index (χ3n) is 4.34. The van der Waals surface area contributed by atoms with Gasteiger partial charge in [-0.3, -0.25) is 0 Å². The topological polar surface area (TPSA) is 60.6 Å². The minimum Gasteiger partial charge on any atom is -0.314 e. The van der Waals surface area contributed by atoms with Crippen LogP contribution in [0.15, 0.2) is 42.7 Å². The minimum atomic E-state index is 0.195. The van der Waals surface area contributed by atoms with E-state index in [4.69, 9.17) is 0 Å². The van der Waals surface area contributed by atoms with Crippen LogP contribution in [0.1, 0.15) is 36.6 Å². The molecule has 0 unspecified atom stereocenters. The smallest absolute Gasteiger partial charge is 0.149 e. The van der Waals surface area contributed by atoms with Gasteiger partial charge in [0.2, 0.25) is 0 Å². The van der Waals surface area contributed by atoms with Gasteiger partial charge in [0.05, 0.1) is 11.7 Å². The van der Waals surface area contributed by atoms with Crippen molar-refractivity contribution < 1.29 is 0 Å². The van der Waals surface area contributed by atoms with E-state index in [-0.39, 0.29) is 6.04 Å². The molecule has 0 spiro atoms. The maximum absolute atomic E-state index is 4.34. The summed E-state index contributed by atoms with van der Waals surface area (Å²) in [5, 5.41) is 16.4. The molecule has 6 heteroatoms. The van der Waals surface area contributed by atoms with Crippen molar-refractivity contribution in [2.45, 2.75) is 38.9 Å². The van der Waals surface area contributed by atoms with Crippen LogP contribution in [-0.2, 0) is 19.5 Å². The first-order valence-corrected chi connectivity index (χ1v) is 8.05. The Bertz CT molecular complexity index is 772. The van der Waals surface area contributed by atoms with Crippen LogP contribution in [0.5, 0.6) is 0 Å². The highest BCUT2D eigenvalue weighted by Crippen LogP contribution is 2.19. The van der Waals surface area contributed by atoms with Gasteiger partial charge in [-0.2, -0.15) is 5.10 Å². The molecule has 0 saturated carbocycles. The molecule has 6 nitrogen and oxygen atoms in total. The highest BCUT2D eigenvalue weighted by Gasteiger charge is 2.20. The van der Waals surface area contributed by atoms with Crippen LogP contribution in [0.25, 0.3) is 5.69 Å². The molecule has 3 heterocycles. The van der Waals surface area contributed by atoms with Crippen LogP contribution >= 0.6 is 0 Å². The van der Waals surface area contributed by atoms with Gasteiger partial charge in [0.1, 0.15) is 11.6 Å².